The monoisotopic (exact) mass is 258 g/mol. The van der Waals surface area contributed by atoms with Crippen LogP contribution in [0.2, 0.25) is 0 Å². The van der Waals surface area contributed by atoms with Crippen LogP contribution in [0.1, 0.15) is 18.4 Å². The van der Waals surface area contributed by atoms with Gasteiger partial charge in [-0.25, -0.2) is 10.9 Å². The summed E-state index contributed by atoms with van der Waals surface area (Å²) in [6, 6.07) is 7.38. The van der Waals surface area contributed by atoms with Crippen molar-refractivity contribution in [2.45, 2.75) is 19.3 Å². The van der Waals surface area contributed by atoms with Crippen LogP contribution in [0.25, 0.3) is 0 Å². The Morgan fingerprint density at radius 2 is 2.11 bits per heavy atom. The van der Waals surface area contributed by atoms with Crippen LogP contribution in [0.3, 0.4) is 0 Å². The molecular formula is C12H15N2NaO3. The number of aryl methyl sites for hydroxylation is 1. The van der Waals surface area contributed by atoms with Crippen molar-refractivity contribution in [2.24, 2.45) is 11.8 Å². The fourth-order valence-electron chi connectivity index (χ4n) is 2.13. The quantitative estimate of drug-likeness (QED) is 0.453. The molecule has 0 aliphatic carbocycles. The Morgan fingerprint density at radius 3 is 2.78 bits per heavy atom. The van der Waals surface area contributed by atoms with E-state index in [9.17, 15) is 9.59 Å². The van der Waals surface area contributed by atoms with Gasteiger partial charge in [0.05, 0.1) is 18.0 Å². The Bertz CT molecular complexity index is 464. The topological polar surface area (TPSA) is 83.6 Å². The number of nitrogens with two attached hydrogens (primary N) is 1. The molecule has 1 aliphatic rings. The number of benzene rings is 1. The molecule has 5 nitrogen and oxygen atoms in total. The van der Waals surface area contributed by atoms with Crippen LogP contribution < -0.4 is 10.9 Å². The Balaban J connectivity index is 0.00000162. The average molecular weight is 258 g/mol. The second kappa shape index (κ2) is 6.33. The normalized spacial score (nSPS) is 18.6. The molecule has 1 amide bonds. The van der Waals surface area contributed by atoms with Crippen molar-refractivity contribution >= 4 is 47.1 Å². The number of carbonyl (C=O) groups excluding carboxylic acids is 1. The summed E-state index contributed by atoms with van der Waals surface area (Å²) in [5.74, 6) is 3.92. The first-order valence-electron chi connectivity index (χ1n) is 5.48. The molecule has 3 N–H and O–H groups in total. The van der Waals surface area contributed by atoms with E-state index in [1.807, 2.05) is 18.2 Å². The predicted molar refractivity (Wildman–Crippen MR) is 69.3 cm³/mol. The molecule has 6 heteroatoms. The number of para-hydroxylation sites is 1. The first kappa shape index (κ1) is 15.2. The Kier molecular flexibility index (Phi) is 5.34. The summed E-state index contributed by atoms with van der Waals surface area (Å²) in [5.41, 5.74) is 1.65. The van der Waals surface area contributed by atoms with Crippen molar-refractivity contribution in [1.29, 1.82) is 0 Å². The zero-order chi connectivity index (χ0) is 12.4. The molecule has 18 heavy (non-hydrogen) atoms. The van der Waals surface area contributed by atoms with Crippen molar-refractivity contribution in [2.75, 3.05) is 5.01 Å². The third kappa shape index (κ3) is 3.11. The van der Waals surface area contributed by atoms with E-state index in [4.69, 9.17) is 10.9 Å². The fraction of sp³-hybridized carbons (Fsp3) is 0.333. The Hall–Kier alpha value is -0.880. The number of hydrogen-bond donors (Lipinski definition) is 2. The molecule has 0 radical (unpaired) electrons. The average Bonchev–Trinajstić information content (AvgIpc) is 2.42. The van der Waals surface area contributed by atoms with E-state index in [1.54, 1.807) is 6.07 Å². The van der Waals surface area contributed by atoms with Crippen LogP contribution in [0.4, 0.5) is 5.69 Å². The first-order valence-corrected chi connectivity index (χ1v) is 5.48. The van der Waals surface area contributed by atoms with E-state index in [-0.39, 0.29) is 41.9 Å². The second-order valence-electron chi connectivity index (χ2n) is 4.17. The molecule has 0 fully saturated rings. The van der Waals surface area contributed by atoms with Gasteiger partial charge in [-0.2, -0.15) is 0 Å². The Labute approximate surface area is 127 Å². The molecule has 0 saturated carbocycles. The van der Waals surface area contributed by atoms with E-state index in [0.29, 0.717) is 18.5 Å². The zero-order valence-corrected chi connectivity index (χ0v) is 9.30. The summed E-state index contributed by atoms with van der Waals surface area (Å²) in [7, 11) is 0. The molecule has 1 aliphatic heterocycles. The number of carboxylic acids is 1. The van der Waals surface area contributed by atoms with Crippen LogP contribution in [0.15, 0.2) is 24.3 Å². The number of anilines is 1. The Morgan fingerprint density at radius 1 is 1.44 bits per heavy atom. The van der Waals surface area contributed by atoms with E-state index in [0.717, 1.165) is 10.6 Å². The maximum atomic E-state index is 12.0. The molecule has 0 spiro atoms. The molecule has 0 bridgehead atoms. The number of fused-ring (bicyclic) bond motifs is 1. The number of aliphatic carboxylic acids is 1. The molecule has 1 aromatic carbocycles. The van der Waals surface area contributed by atoms with Crippen molar-refractivity contribution in [3.05, 3.63) is 29.8 Å². The van der Waals surface area contributed by atoms with Gasteiger partial charge in [0.25, 0.3) is 0 Å². The van der Waals surface area contributed by atoms with Gasteiger partial charge in [0.1, 0.15) is 0 Å². The molecule has 1 aromatic rings. The van der Waals surface area contributed by atoms with Crippen molar-refractivity contribution < 1.29 is 14.7 Å². The number of hydrogen-bond acceptors (Lipinski definition) is 3. The molecule has 0 saturated heterocycles. The van der Waals surface area contributed by atoms with Gasteiger partial charge in [0.15, 0.2) is 0 Å². The summed E-state index contributed by atoms with van der Waals surface area (Å²) in [6.45, 7) is 0. The van der Waals surface area contributed by atoms with Gasteiger partial charge in [-0.3, -0.25) is 9.59 Å². The van der Waals surface area contributed by atoms with Gasteiger partial charge in [-0.1, -0.05) is 18.2 Å². The van der Waals surface area contributed by atoms with Crippen molar-refractivity contribution in [3.63, 3.8) is 0 Å². The minimum absolute atomic E-state index is 0. The van der Waals surface area contributed by atoms with Gasteiger partial charge in [-0.15, -0.1) is 0 Å². The fourth-order valence-corrected chi connectivity index (χ4v) is 2.13. The van der Waals surface area contributed by atoms with E-state index < -0.39 is 11.9 Å². The summed E-state index contributed by atoms with van der Waals surface area (Å²) in [5, 5.41) is 9.85. The summed E-state index contributed by atoms with van der Waals surface area (Å²) >= 11 is 0. The van der Waals surface area contributed by atoms with Crippen LogP contribution in [0.5, 0.6) is 0 Å². The standard InChI is InChI=1S/C12H14N2O3.Na.H/c13-14-10-4-2-1-3-8(10)5-6-9(12(14)17)7-11(15)16;;/h1-4,9H,5-7,13H2,(H,15,16);;/t9-;;/m0../s1. The van der Waals surface area contributed by atoms with Crippen molar-refractivity contribution in [1.82, 2.24) is 0 Å². The molecule has 0 unspecified atom stereocenters. The van der Waals surface area contributed by atoms with Gasteiger partial charge in [0.2, 0.25) is 5.91 Å². The molecule has 0 aromatic heterocycles. The SMILES string of the molecule is NN1C(=O)[C@H](CC(=O)O)CCc2ccccc21.[NaH]. The van der Waals surface area contributed by atoms with E-state index >= 15 is 0 Å². The minimum atomic E-state index is -0.970. The maximum absolute atomic E-state index is 12.0. The summed E-state index contributed by atoms with van der Waals surface area (Å²) in [4.78, 5) is 22.7. The first-order chi connectivity index (χ1) is 8.09. The number of hydrazine groups is 1. The number of amides is 1. The van der Waals surface area contributed by atoms with Gasteiger partial charge < -0.3 is 5.11 Å². The van der Waals surface area contributed by atoms with E-state index in [2.05, 4.69) is 0 Å². The summed E-state index contributed by atoms with van der Waals surface area (Å²) < 4.78 is 0. The zero-order valence-electron chi connectivity index (χ0n) is 9.30. The van der Waals surface area contributed by atoms with Crippen LogP contribution in [-0.4, -0.2) is 46.5 Å². The predicted octanol–water partition coefficient (Wildman–Crippen LogP) is 0.282. The molecule has 92 valence electrons. The third-order valence-corrected chi connectivity index (χ3v) is 3.02. The summed E-state index contributed by atoms with van der Waals surface area (Å²) in [6.07, 6.45) is 1.03. The number of carbonyl (C=O) groups is 2. The van der Waals surface area contributed by atoms with E-state index in [1.165, 1.54) is 0 Å². The third-order valence-electron chi connectivity index (χ3n) is 3.02. The molecular weight excluding hydrogens is 243 g/mol. The van der Waals surface area contributed by atoms with Crippen molar-refractivity contribution in [3.8, 4) is 0 Å². The number of nitrogens with zero attached hydrogens (tertiary/aromatic N) is 1. The molecule has 1 heterocycles. The molecule has 1 atom stereocenters. The van der Waals surface area contributed by atoms with Crippen LogP contribution >= 0.6 is 0 Å². The van der Waals surface area contributed by atoms with Crippen LogP contribution in [-0.2, 0) is 16.0 Å². The molecule has 2 rings (SSSR count). The number of carboxylic acid groups (broad SMARTS) is 1. The van der Waals surface area contributed by atoms with Crippen LogP contribution in [0, 0.1) is 5.92 Å². The van der Waals surface area contributed by atoms with Gasteiger partial charge in [0, 0.05) is 0 Å². The van der Waals surface area contributed by atoms with Gasteiger partial charge in [-0.05, 0) is 24.5 Å². The second-order valence-corrected chi connectivity index (χ2v) is 4.17. The number of rotatable bonds is 2. The van der Waals surface area contributed by atoms with Gasteiger partial charge >= 0.3 is 35.5 Å².